The molecule has 0 aliphatic carbocycles. The Labute approximate surface area is 270 Å². The Hall–Kier alpha value is -5.22. The highest BCUT2D eigenvalue weighted by Gasteiger charge is 2.27. The van der Waals surface area contributed by atoms with Crippen LogP contribution in [0.1, 0.15) is 23.1 Å². The van der Waals surface area contributed by atoms with E-state index in [2.05, 4.69) is 25.2 Å². The Morgan fingerprint density at radius 3 is 2.51 bits per heavy atom. The van der Waals surface area contributed by atoms with Crippen molar-refractivity contribution < 1.29 is 22.0 Å². The number of carbonyl (C=O) groups excluding carboxylic acids is 1. The van der Waals surface area contributed by atoms with Gasteiger partial charge in [0.25, 0.3) is 5.56 Å². The van der Waals surface area contributed by atoms with E-state index in [0.29, 0.717) is 5.69 Å². The zero-order valence-electron chi connectivity index (χ0n) is 25.1. The Kier molecular flexibility index (Phi) is 8.23. The van der Waals surface area contributed by atoms with E-state index in [1.165, 1.54) is 45.4 Å². The van der Waals surface area contributed by atoms with Crippen LogP contribution in [0.4, 0.5) is 14.6 Å². The smallest absolute Gasteiger partial charge is 0.267 e. The monoisotopic (exact) mass is 681 g/mol. The first-order chi connectivity index (χ1) is 22.3. The lowest BCUT2D eigenvalue weighted by molar-refractivity contribution is -0.122. The van der Waals surface area contributed by atoms with Crippen LogP contribution >= 0.6 is 11.6 Å². The lowest BCUT2D eigenvalue weighted by Crippen LogP contribution is -2.37. The third-order valence-corrected chi connectivity index (χ3v) is 8.08. The van der Waals surface area contributed by atoms with Gasteiger partial charge in [0.2, 0.25) is 15.9 Å². The number of hydrogen-bond donors (Lipinski definition) is 2. The first-order valence-corrected chi connectivity index (χ1v) is 16.3. The van der Waals surface area contributed by atoms with Crippen molar-refractivity contribution in [3.63, 3.8) is 0 Å². The van der Waals surface area contributed by atoms with Crippen molar-refractivity contribution in [3.8, 4) is 5.69 Å². The molecule has 0 radical (unpaired) electrons. The number of rotatable bonds is 9. The molecule has 4 aromatic heterocycles. The van der Waals surface area contributed by atoms with Gasteiger partial charge in [-0.05, 0) is 55.0 Å². The van der Waals surface area contributed by atoms with Crippen LogP contribution in [0.3, 0.4) is 0 Å². The molecule has 2 N–H and O–H groups in total. The van der Waals surface area contributed by atoms with E-state index < -0.39 is 39.2 Å². The van der Waals surface area contributed by atoms with Crippen molar-refractivity contribution in [2.24, 2.45) is 7.05 Å². The summed E-state index contributed by atoms with van der Waals surface area (Å²) in [6, 6.07) is 9.61. The predicted molar refractivity (Wildman–Crippen MR) is 171 cm³/mol. The minimum absolute atomic E-state index is 0.0293. The summed E-state index contributed by atoms with van der Waals surface area (Å²) in [7, 11) is -2.24. The van der Waals surface area contributed by atoms with Crippen molar-refractivity contribution in [1.29, 1.82) is 0 Å². The zero-order chi connectivity index (χ0) is 33.6. The van der Waals surface area contributed by atoms with E-state index in [4.69, 9.17) is 16.6 Å². The minimum atomic E-state index is -3.78. The van der Waals surface area contributed by atoms with Crippen LogP contribution in [0.25, 0.3) is 27.6 Å². The summed E-state index contributed by atoms with van der Waals surface area (Å²) in [6.45, 7) is 1.56. The fraction of sp³-hybridized carbons (Fsp3) is 0.200. The normalized spacial score (nSPS) is 12.5. The number of fused-ring (bicyclic) bond motifs is 2. The molecule has 0 fully saturated rings. The van der Waals surface area contributed by atoms with Crippen LogP contribution in [0.5, 0.6) is 0 Å². The molecule has 0 saturated carbocycles. The Morgan fingerprint density at radius 1 is 1.09 bits per heavy atom. The van der Waals surface area contributed by atoms with E-state index in [1.807, 2.05) is 0 Å². The number of pyridine rings is 1. The molecular formula is C30H26ClF2N9O4S. The molecule has 6 aromatic rings. The standard InChI is InChI=1S/C30H26ClF2N9O4S/c1-16-8-10-41(37-16)15-24(43)35-22(13-17-11-18(32)14-19(33)12-17)29-36-27-20(5-4-9-34-27)30(44)42(29)23-7-6-21(31)25-26(23)40(2)38-28(25)39-47(3,45)46/h4-12,14,22H,13,15H2,1-3H3,(H,35,43)(H,38,39)/t22-/m0/s1. The topological polar surface area (TPSA) is 159 Å². The van der Waals surface area contributed by atoms with Crippen LogP contribution in [0, 0.1) is 18.6 Å². The Bertz CT molecular complexity index is 2350. The van der Waals surface area contributed by atoms with Crippen molar-refractivity contribution in [1.82, 2.24) is 39.4 Å². The highest BCUT2D eigenvalue weighted by molar-refractivity contribution is 7.92. The number of sulfonamides is 1. The molecule has 0 spiro atoms. The van der Waals surface area contributed by atoms with Crippen molar-refractivity contribution in [3.05, 3.63) is 105 Å². The second kappa shape index (κ2) is 12.2. The summed E-state index contributed by atoms with van der Waals surface area (Å²) in [5, 5.41) is 11.9. The molecule has 17 heteroatoms. The number of anilines is 1. The molecule has 0 bridgehead atoms. The van der Waals surface area contributed by atoms with Crippen LogP contribution in [-0.2, 0) is 34.8 Å². The van der Waals surface area contributed by atoms with Crippen molar-refractivity contribution in [2.45, 2.75) is 25.9 Å². The molecule has 13 nitrogen and oxygen atoms in total. The number of aromatic nitrogens is 7. The maximum Gasteiger partial charge on any atom is 0.267 e. The number of aryl methyl sites for hydroxylation is 2. The Balaban J connectivity index is 1.60. The van der Waals surface area contributed by atoms with Crippen LogP contribution in [-0.4, -0.2) is 54.7 Å². The summed E-state index contributed by atoms with van der Waals surface area (Å²) in [4.78, 5) is 36.7. The van der Waals surface area contributed by atoms with Gasteiger partial charge in [-0.3, -0.25) is 28.2 Å². The molecule has 242 valence electrons. The largest absolute Gasteiger partial charge is 0.344 e. The molecule has 0 unspecified atom stereocenters. The predicted octanol–water partition coefficient (Wildman–Crippen LogP) is 3.58. The van der Waals surface area contributed by atoms with Gasteiger partial charge in [0.1, 0.15) is 24.0 Å². The molecule has 0 aliphatic heterocycles. The minimum Gasteiger partial charge on any atom is -0.344 e. The SMILES string of the molecule is Cc1ccn(CC(=O)N[C@@H](Cc2cc(F)cc(F)c2)c2nc3ncccc3c(=O)n2-c2ccc(Cl)c3c(NS(C)(=O)=O)nn(C)c23)n1. The summed E-state index contributed by atoms with van der Waals surface area (Å²) in [5.74, 6) is -2.29. The van der Waals surface area contributed by atoms with Gasteiger partial charge in [0.15, 0.2) is 11.5 Å². The molecule has 1 amide bonds. The van der Waals surface area contributed by atoms with E-state index in [9.17, 15) is 26.8 Å². The molecule has 1 atom stereocenters. The number of nitrogens with zero attached hydrogens (tertiary/aromatic N) is 7. The molecule has 4 heterocycles. The van der Waals surface area contributed by atoms with Crippen LogP contribution in [0.2, 0.25) is 5.02 Å². The second-order valence-corrected chi connectivity index (χ2v) is 13.0. The van der Waals surface area contributed by atoms with Gasteiger partial charge in [0.05, 0.1) is 45.0 Å². The number of carbonyl (C=O) groups is 1. The van der Waals surface area contributed by atoms with Gasteiger partial charge in [0, 0.05) is 31.9 Å². The number of nitrogens with one attached hydrogen (secondary N) is 2. The van der Waals surface area contributed by atoms with Crippen LogP contribution < -0.4 is 15.6 Å². The van der Waals surface area contributed by atoms with Gasteiger partial charge >= 0.3 is 0 Å². The van der Waals surface area contributed by atoms with E-state index in [-0.39, 0.29) is 62.8 Å². The van der Waals surface area contributed by atoms with Crippen molar-refractivity contribution in [2.75, 3.05) is 11.0 Å². The third-order valence-electron chi connectivity index (χ3n) is 7.20. The maximum atomic E-state index is 14.3. The quantitative estimate of drug-likeness (QED) is 0.234. The Morgan fingerprint density at radius 2 is 1.83 bits per heavy atom. The van der Waals surface area contributed by atoms with Gasteiger partial charge in [-0.25, -0.2) is 27.2 Å². The molecule has 47 heavy (non-hydrogen) atoms. The van der Waals surface area contributed by atoms with Crippen molar-refractivity contribution >= 4 is 55.3 Å². The zero-order valence-corrected chi connectivity index (χ0v) is 26.6. The maximum absolute atomic E-state index is 14.3. The second-order valence-electron chi connectivity index (χ2n) is 10.9. The average Bonchev–Trinajstić information content (AvgIpc) is 3.53. The fourth-order valence-corrected chi connectivity index (χ4v) is 6.13. The van der Waals surface area contributed by atoms with E-state index in [0.717, 1.165) is 24.5 Å². The molecular weight excluding hydrogens is 656 g/mol. The van der Waals surface area contributed by atoms with E-state index >= 15 is 0 Å². The average molecular weight is 682 g/mol. The molecule has 6 rings (SSSR count). The lowest BCUT2D eigenvalue weighted by atomic mass is 10.0. The summed E-state index contributed by atoms with van der Waals surface area (Å²) in [5.41, 5.74) is 0.774. The number of hydrogen-bond acceptors (Lipinski definition) is 8. The fourth-order valence-electron chi connectivity index (χ4n) is 5.40. The van der Waals surface area contributed by atoms with Gasteiger partial charge in [-0.15, -0.1) is 0 Å². The first kappa shape index (κ1) is 31.7. The molecule has 0 saturated heterocycles. The number of halogens is 3. The van der Waals surface area contributed by atoms with Gasteiger partial charge in [-0.1, -0.05) is 11.6 Å². The van der Waals surface area contributed by atoms with Crippen LogP contribution in [0.15, 0.2) is 65.7 Å². The number of amides is 1. The highest BCUT2D eigenvalue weighted by Crippen LogP contribution is 2.35. The molecule has 2 aromatic carbocycles. The summed E-state index contributed by atoms with van der Waals surface area (Å²) >= 11 is 6.55. The summed E-state index contributed by atoms with van der Waals surface area (Å²) < 4.78 is 59.3. The summed E-state index contributed by atoms with van der Waals surface area (Å²) in [6.07, 6.45) is 3.84. The van der Waals surface area contributed by atoms with E-state index in [1.54, 1.807) is 25.3 Å². The highest BCUT2D eigenvalue weighted by atomic mass is 35.5. The first-order valence-electron chi connectivity index (χ1n) is 14.0. The third kappa shape index (κ3) is 6.55. The molecule has 0 aliphatic rings. The van der Waals surface area contributed by atoms with Gasteiger partial charge < -0.3 is 5.32 Å². The van der Waals surface area contributed by atoms with Gasteiger partial charge in [-0.2, -0.15) is 10.2 Å². The number of benzene rings is 2. The lowest BCUT2D eigenvalue weighted by Gasteiger charge is -2.23.